The molecule has 168 valence electrons. The third-order valence-electron chi connectivity index (χ3n) is 4.99. The van der Waals surface area contributed by atoms with Crippen molar-refractivity contribution in [2.45, 2.75) is 71.3 Å². The maximum absolute atomic E-state index is 10.8. The average molecular weight is 429 g/mol. The van der Waals surface area contributed by atoms with Gasteiger partial charge in [0.2, 0.25) is 0 Å². The smallest absolute Gasteiger partial charge is 0.266 e. The van der Waals surface area contributed by atoms with Crippen LogP contribution in [0.25, 0.3) is 0 Å². The van der Waals surface area contributed by atoms with Crippen LogP contribution in [0.1, 0.15) is 68.6 Å². The number of nitrogens with one attached hydrogen (secondary N) is 1. The first-order chi connectivity index (χ1) is 13.7. The Morgan fingerprint density at radius 3 is 2.17 bits per heavy atom. The Morgan fingerprint density at radius 2 is 1.55 bits per heavy atom. The van der Waals surface area contributed by atoms with Crippen molar-refractivity contribution in [2.75, 3.05) is 32.9 Å². The summed E-state index contributed by atoms with van der Waals surface area (Å²) >= 11 is 0. The van der Waals surface area contributed by atoms with Crippen molar-refractivity contribution in [3.63, 3.8) is 0 Å². The summed E-state index contributed by atoms with van der Waals surface area (Å²) in [7, 11) is 0.0279. The average Bonchev–Trinajstić information content (AvgIpc) is 2.62. The van der Waals surface area contributed by atoms with Crippen LogP contribution in [0.5, 0.6) is 5.75 Å². The highest BCUT2D eigenvalue weighted by Gasteiger charge is 2.11. The Kier molecular flexibility index (Phi) is 12.5. The number of hydrogen-bond acceptors (Lipinski definition) is 5. The quantitative estimate of drug-likeness (QED) is 0.274. The molecule has 0 aromatic heterocycles. The molecule has 0 aliphatic heterocycles. The molecule has 0 atom stereocenters. The maximum atomic E-state index is 10.8. The number of unbranched alkanes of at least 4 members (excludes halogenated alkanes) is 6. The molecule has 0 fully saturated rings. The Balaban J connectivity index is 2.62. The van der Waals surface area contributed by atoms with Gasteiger partial charge in [-0.05, 0) is 51.0 Å². The standard InChI is InChI=1S/C22H40N2O4S/c1-4-5-6-7-8-9-10-11-19-16-20(12-13-23-14-15-29(26,27)28)22(25)21(17-19)18-24(2)3/h16-17,23,25H,4-15,18H2,1-3H3,(H,26,27,28). The first kappa shape index (κ1) is 25.9. The van der Waals surface area contributed by atoms with Gasteiger partial charge >= 0.3 is 0 Å². The molecule has 0 aliphatic carbocycles. The number of rotatable bonds is 16. The van der Waals surface area contributed by atoms with Crippen molar-refractivity contribution in [3.8, 4) is 5.75 Å². The lowest BCUT2D eigenvalue weighted by Crippen LogP contribution is -2.24. The van der Waals surface area contributed by atoms with Crippen LogP contribution < -0.4 is 5.32 Å². The fraction of sp³-hybridized carbons (Fsp3) is 0.727. The lowest BCUT2D eigenvalue weighted by Gasteiger charge is -2.16. The number of aryl methyl sites for hydroxylation is 1. The first-order valence-corrected chi connectivity index (χ1v) is 12.5. The van der Waals surface area contributed by atoms with E-state index in [-0.39, 0.29) is 12.3 Å². The highest BCUT2D eigenvalue weighted by molar-refractivity contribution is 7.85. The van der Waals surface area contributed by atoms with Crippen molar-refractivity contribution in [3.05, 3.63) is 28.8 Å². The number of phenols is 1. The van der Waals surface area contributed by atoms with E-state index in [2.05, 4.69) is 24.4 Å². The van der Waals surface area contributed by atoms with Crippen molar-refractivity contribution < 1.29 is 18.1 Å². The van der Waals surface area contributed by atoms with Crippen LogP contribution in [0, 0.1) is 0 Å². The second-order valence-corrected chi connectivity index (χ2v) is 9.73. The van der Waals surface area contributed by atoms with Gasteiger partial charge in [0.15, 0.2) is 0 Å². The summed E-state index contributed by atoms with van der Waals surface area (Å²) in [5.41, 5.74) is 3.08. The number of benzene rings is 1. The zero-order valence-electron chi connectivity index (χ0n) is 18.4. The van der Waals surface area contributed by atoms with Gasteiger partial charge in [0.1, 0.15) is 5.75 Å². The van der Waals surface area contributed by atoms with Gasteiger partial charge in [-0.25, -0.2) is 0 Å². The zero-order chi connectivity index (χ0) is 21.7. The molecule has 7 heteroatoms. The maximum Gasteiger partial charge on any atom is 0.266 e. The third kappa shape index (κ3) is 12.2. The second-order valence-electron chi connectivity index (χ2n) is 8.16. The van der Waals surface area contributed by atoms with Gasteiger partial charge in [-0.1, -0.05) is 57.6 Å². The molecular formula is C22H40N2O4S. The van der Waals surface area contributed by atoms with E-state index >= 15 is 0 Å². The normalized spacial score (nSPS) is 12.0. The van der Waals surface area contributed by atoms with Crippen LogP contribution >= 0.6 is 0 Å². The first-order valence-electron chi connectivity index (χ1n) is 10.9. The molecule has 3 N–H and O–H groups in total. The van der Waals surface area contributed by atoms with Crippen LogP contribution in [0.3, 0.4) is 0 Å². The molecule has 1 aromatic carbocycles. The number of phenolic OH excluding ortho intramolecular Hbond substituents is 1. The summed E-state index contributed by atoms with van der Waals surface area (Å²) in [6, 6.07) is 4.19. The molecular weight excluding hydrogens is 388 g/mol. The molecule has 0 amide bonds. The van der Waals surface area contributed by atoms with Gasteiger partial charge < -0.3 is 15.3 Å². The van der Waals surface area contributed by atoms with Crippen LogP contribution in [0.2, 0.25) is 0 Å². The van der Waals surface area contributed by atoms with E-state index in [1.807, 2.05) is 19.0 Å². The summed E-state index contributed by atoms with van der Waals surface area (Å²) in [5.74, 6) is 0.0296. The van der Waals surface area contributed by atoms with Gasteiger partial charge in [0.05, 0.1) is 5.75 Å². The van der Waals surface area contributed by atoms with E-state index < -0.39 is 10.1 Å². The van der Waals surface area contributed by atoms with E-state index in [0.717, 1.165) is 24.0 Å². The van der Waals surface area contributed by atoms with E-state index in [1.165, 1.54) is 44.1 Å². The Morgan fingerprint density at radius 1 is 0.931 bits per heavy atom. The largest absolute Gasteiger partial charge is 0.507 e. The Hall–Kier alpha value is -1.15. The molecule has 0 saturated carbocycles. The van der Waals surface area contributed by atoms with Crippen molar-refractivity contribution in [2.24, 2.45) is 0 Å². The monoisotopic (exact) mass is 428 g/mol. The Labute approximate surface area is 177 Å². The topological polar surface area (TPSA) is 89.9 Å². The molecule has 1 rings (SSSR count). The van der Waals surface area contributed by atoms with Crippen LogP contribution in [-0.2, 0) is 29.5 Å². The predicted molar refractivity (Wildman–Crippen MR) is 120 cm³/mol. The minimum Gasteiger partial charge on any atom is -0.507 e. The fourth-order valence-corrected chi connectivity index (χ4v) is 3.87. The van der Waals surface area contributed by atoms with Crippen LogP contribution in [0.15, 0.2) is 12.1 Å². The summed E-state index contributed by atoms with van der Waals surface area (Å²) < 4.78 is 30.3. The highest BCUT2D eigenvalue weighted by atomic mass is 32.2. The zero-order valence-corrected chi connectivity index (χ0v) is 19.2. The summed E-state index contributed by atoms with van der Waals surface area (Å²) in [6.45, 7) is 3.66. The van der Waals surface area contributed by atoms with Crippen LogP contribution in [-0.4, -0.2) is 55.9 Å². The summed E-state index contributed by atoms with van der Waals surface area (Å²) in [4.78, 5) is 2.04. The van der Waals surface area contributed by atoms with E-state index in [0.29, 0.717) is 25.3 Å². The van der Waals surface area contributed by atoms with Gasteiger partial charge in [-0.15, -0.1) is 0 Å². The van der Waals surface area contributed by atoms with Gasteiger partial charge in [0, 0.05) is 18.7 Å². The van der Waals surface area contributed by atoms with Crippen molar-refractivity contribution in [1.82, 2.24) is 10.2 Å². The molecule has 0 spiro atoms. The van der Waals surface area contributed by atoms with Crippen molar-refractivity contribution >= 4 is 10.1 Å². The van der Waals surface area contributed by atoms with Crippen LogP contribution in [0.4, 0.5) is 0 Å². The molecule has 0 bridgehead atoms. The molecule has 29 heavy (non-hydrogen) atoms. The van der Waals surface area contributed by atoms with Crippen molar-refractivity contribution in [1.29, 1.82) is 0 Å². The molecule has 6 nitrogen and oxygen atoms in total. The van der Waals surface area contributed by atoms with E-state index in [9.17, 15) is 13.5 Å². The summed E-state index contributed by atoms with van der Waals surface area (Å²) in [5, 5.41) is 13.7. The molecule has 0 aliphatic rings. The predicted octanol–water partition coefficient (Wildman–Crippen LogP) is 3.77. The lowest BCUT2D eigenvalue weighted by molar-refractivity contribution is 0.383. The number of hydrogen-bond donors (Lipinski definition) is 3. The van der Waals surface area contributed by atoms with E-state index in [4.69, 9.17) is 4.55 Å². The molecule has 0 radical (unpaired) electrons. The molecule has 1 aromatic rings. The van der Waals surface area contributed by atoms with Gasteiger partial charge in [0.25, 0.3) is 10.1 Å². The lowest BCUT2D eigenvalue weighted by atomic mass is 9.97. The molecule has 0 heterocycles. The number of nitrogens with zero attached hydrogens (tertiary/aromatic N) is 1. The molecule has 0 saturated heterocycles. The Bertz CT molecular complexity index is 690. The van der Waals surface area contributed by atoms with E-state index in [1.54, 1.807) is 0 Å². The minimum atomic E-state index is -3.94. The summed E-state index contributed by atoms with van der Waals surface area (Å²) in [6.07, 6.45) is 10.5. The van der Waals surface area contributed by atoms with Gasteiger partial charge in [-0.2, -0.15) is 8.42 Å². The molecule has 0 unspecified atom stereocenters. The SMILES string of the molecule is CCCCCCCCCc1cc(CCNCCS(=O)(=O)O)c(O)c(CN(C)C)c1. The number of aromatic hydroxyl groups is 1. The highest BCUT2D eigenvalue weighted by Crippen LogP contribution is 2.27. The fourth-order valence-electron chi connectivity index (χ4n) is 3.46. The van der Waals surface area contributed by atoms with Gasteiger partial charge in [-0.3, -0.25) is 4.55 Å². The third-order valence-corrected chi connectivity index (χ3v) is 5.71. The second kappa shape index (κ2) is 14.0. The minimum absolute atomic E-state index is 0.196.